The fourth-order valence-corrected chi connectivity index (χ4v) is 5.81. The van der Waals surface area contributed by atoms with E-state index in [1.807, 2.05) is 18.7 Å². The van der Waals surface area contributed by atoms with Crippen LogP contribution in [0, 0.1) is 13.8 Å². The molecule has 1 saturated heterocycles. The maximum atomic E-state index is 12.9. The van der Waals surface area contributed by atoms with Crippen LogP contribution >= 0.6 is 11.3 Å². The SMILES string of the molecule is Cc1sc2ncn(CCC(=O)N3CCN(Cc4nnc5n4CCCCC5)CC3)c(=O)c2c1C. The normalized spacial score (nSPS) is 17.3. The van der Waals surface area contributed by atoms with Crippen molar-refractivity contribution in [2.45, 2.75) is 65.6 Å². The summed E-state index contributed by atoms with van der Waals surface area (Å²) in [5.41, 5.74) is 0.945. The molecule has 1 amide bonds. The lowest BCUT2D eigenvalue weighted by Crippen LogP contribution is -2.48. The summed E-state index contributed by atoms with van der Waals surface area (Å²) >= 11 is 1.54. The van der Waals surface area contributed by atoms with E-state index in [-0.39, 0.29) is 11.5 Å². The first-order chi connectivity index (χ1) is 16.0. The van der Waals surface area contributed by atoms with Crippen LogP contribution in [0.25, 0.3) is 10.2 Å². The predicted molar refractivity (Wildman–Crippen MR) is 127 cm³/mol. The molecular formula is C23H31N7O2S. The van der Waals surface area contributed by atoms with Gasteiger partial charge >= 0.3 is 0 Å². The zero-order chi connectivity index (χ0) is 22.9. The highest BCUT2D eigenvalue weighted by Crippen LogP contribution is 2.25. The summed E-state index contributed by atoms with van der Waals surface area (Å²) in [6.45, 7) is 9.20. The number of aryl methyl sites for hydroxylation is 4. The number of rotatable bonds is 5. The monoisotopic (exact) mass is 469 g/mol. The first kappa shape index (κ1) is 22.2. The van der Waals surface area contributed by atoms with Gasteiger partial charge in [-0.15, -0.1) is 21.5 Å². The molecule has 5 rings (SSSR count). The lowest BCUT2D eigenvalue weighted by molar-refractivity contribution is -0.133. The largest absolute Gasteiger partial charge is 0.340 e. The minimum Gasteiger partial charge on any atom is -0.340 e. The minimum absolute atomic E-state index is 0.0492. The van der Waals surface area contributed by atoms with Crippen LogP contribution in [0.4, 0.5) is 0 Å². The van der Waals surface area contributed by atoms with Gasteiger partial charge in [0.05, 0.1) is 18.3 Å². The fourth-order valence-electron chi connectivity index (χ4n) is 4.82. The van der Waals surface area contributed by atoms with Gasteiger partial charge in [-0.2, -0.15) is 0 Å². The number of hydrogen-bond donors (Lipinski definition) is 0. The number of nitrogens with zero attached hydrogens (tertiary/aromatic N) is 7. The lowest BCUT2D eigenvalue weighted by atomic mass is 10.2. The molecule has 0 aromatic carbocycles. The van der Waals surface area contributed by atoms with E-state index in [0.29, 0.717) is 31.4 Å². The summed E-state index contributed by atoms with van der Waals surface area (Å²) in [5.74, 6) is 2.26. The topological polar surface area (TPSA) is 89.2 Å². The van der Waals surface area contributed by atoms with Gasteiger partial charge in [-0.05, 0) is 32.3 Å². The summed E-state index contributed by atoms with van der Waals surface area (Å²) in [7, 11) is 0. The molecule has 0 saturated carbocycles. The molecule has 0 atom stereocenters. The number of carbonyl (C=O) groups excluding carboxylic acids is 1. The molecule has 10 heteroatoms. The summed E-state index contributed by atoms with van der Waals surface area (Å²) in [6.07, 6.45) is 6.55. The molecule has 0 unspecified atom stereocenters. The van der Waals surface area contributed by atoms with E-state index in [1.54, 1.807) is 22.2 Å². The highest BCUT2D eigenvalue weighted by Gasteiger charge is 2.24. The second-order valence-corrected chi connectivity index (χ2v) is 10.3. The number of carbonyl (C=O) groups is 1. The van der Waals surface area contributed by atoms with E-state index in [4.69, 9.17) is 0 Å². The second kappa shape index (κ2) is 9.34. The Morgan fingerprint density at radius 1 is 1.06 bits per heavy atom. The van der Waals surface area contributed by atoms with Crippen LogP contribution in [-0.4, -0.2) is 66.2 Å². The van der Waals surface area contributed by atoms with Crippen LogP contribution in [0.3, 0.4) is 0 Å². The molecule has 2 aliphatic heterocycles. The van der Waals surface area contributed by atoms with Gasteiger partial charge in [0.25, 0.3) is 5.56 Å². The second-order valence-electron chi connectivity index (χ2n) is 9.11. The van der Waals surface area contributed by atoms with Crippen molar-refractivity contribution in [2.75, 3.05) is 26.2 Å². The van der Waals surface area contributed by atoms with Gasteiger partial charge in [0.1, 0.15) is 16.5 Å². The number of hydrogen-bond acceptors (Lipinski definition) is 7. The van der Waals surface area contributed by atoms with Gasteiger partial charge in [-0.3, -0.25) is 19.1 Å². The van der Waals surface area contributed by atoms with Crippen molar-refractivity contribution in [3.8, 4) is 0 Å². The van der Waals surface area contributed by atoms with Crippen molar-refractivity contribution in [1.29, 1.82) is 0 Å². The predicted octanol–water partition coefficient (Wildman–Crippen LogP) is 2.13. The summed E-state index contributed by atoms with van der Waals surface area (Å²) < 4.78 is 3.87. The van der Waals surface area contributed by atoms with Crippen LogP contribution in [0.15, 0.2) is 11.1 Å². The number of fused-ring (bicyclic) bond motifs is 2. The highest BCUT2D eigenvalue weighted by molar-refractivity contribution is 7.18. The molecule has 0 N–H and O–H groups in total. The Labute approximate surface area is 197 Å². The molecule has 33 heavy (non-hydrogen) atoms. The van der Waals surface area contributed by atoms with E-state index in [9.17, 15) is 9.59 Å². The van der Waals surface area contributed by atoms with Crippen molar-refractivity contribution in [3.05, 3.63) is 38.8 Å². The third-order valence-corrected chi connectivity index (χ3v) is 8.11. The van der Waals surface area contributed by atoms with E-state index >= 15 is 0 Å². The third kappa shape index (κ3) is 4.46. The molecule has 2 aliphatic rings. The number of piperazine rings is 1. The average molecular weight is 470 g/mol. The Morgan fingerprint density at radius 2 is 1.88 bits per heavy atom. The van der Waals surface area contributed by atoms with Gasteiger partial charge in [-0.1, -0.05) is 6.42 Å². The van der Waals surface area contributed by atoms with Crippen LogP contribution in [0.5, 0.6) is 0 Å². The van der Waals surface area contributed by atoms with Crippen LogP contribution in [0.2, 0.25) is 0 Å². The first-order valence-electron chi connectivity index (χ1n) is 11.9. The maximum absolute atomic E-state index is 12.9. The molecule has 3 aromatic rings. The fraction of sp³-hybridized carbons (Fsp3) is 0.609. The molecule has 0 spiro atoms. The molecule has 0 radical (unpaired) electrons. The molecule has 1 fully saturated rings. The molecule has 176 valence electrons. The van der Waals surface area contributed by atoms with Gasteiger partial charge in [0, 0.05) is 57.0 Å². The number of aromatic nitrogens is 5. The summed E-state index contributed by atoms with van der Waals surface area (Å²) in [5, 5.41) is 9.53. The van der Waals surface area contributed by atoms with Crippen LogP contribution in [0.1, 0.15) is 47.8 Å². The maximum Gasteiger partial charge on any atom is 0.262 e. The Hall–Kier alpha value is -2.59. The van der Waals surface area contributed by atoms with Crippen molar-refractivity contribution in [3.63, 3.8) is 0 Å². The van der Waals surface area contributed by atoms with Crippen molar-refractivity contribution in [2.24, 2.45) is 0 Å². The van der Waals surface area contributed by atoms with Gasteiger partial charge in [0.2, 0.25) is 5.91 Å². The zero-order valence-electron chi connectivity index (χ0n) is 19.4. The van der Waals surface area contributed by atoms with E-state index in [1.165, 1.54) is 19.3 Å². The van der Waals surface area contributed by atoms with Gasteiger partial charge < -0.3 is 9.47 Å². The molecule has 3 aromatic heterocycles. The molecular weight excluding hydrogens is 438 g/mol. The van der Waals surface area contributed by atoms with Crippen LogP contribution < -0.4 is 5.56 Å². The average Bonchev–Trinajstić information content (AvgIpc) is 3.22. The Balaban J connectivity index is 1.15. The van der Waals surface area contributed by atoms with E-state index in [2.05, 4.69) is 24.6 Å². The molecule has 5 heterocycles. The minimum atomic E-state index is -0.0492. The molecule has 0 aliphatic carbocycles. The number of amides is 1. The molecule has 0 bridgehead atoms. The van der Waals surface area contributed by atoms with Gasteiger partial charge in [0.15, 0.2) is 0 Å². The Kier molecular flexibility index (Phi) is 6.29. The van der Waals surface area contributed by atoms with Gasteiger partial charge in [-0.25, -0.2) is 4.98 Å². The Bertz CT molecular complexity index is 1220. The Morgan fingerprint density at radius 3 is 2.70 bits per heavy atom. The van der Waals surface area contributed by atoms with Crippen LogP contribution in [-0.2, 0) is 30.8 Å². The van der Waals surface area contributed by atoms with E-state index in [0.717, 1.165) is 59.5 Å². The standard InChI is InChI=1S/C23H31N7O2S/c1-16-17(2)33-22-21(16)23(32)29(15-24-22)9-7-20(31)28-12-10-27(11-13-28)14-19-26-25-18-6-4-3-5-8-30(18)19/h15H,3-14H2,1-2H3. The summed E-state index contributed by atoms with van der Waals surface area (Å²) in [4.78, 5) is 36.3. The van der Waals surface area contributed by atoms with Crippen molar-refractivity contribution >= 4 is 27.5 Å². The number of thiophene rings is 1. The highest BCUT2D eigenvalue weighted by atomic mass is 32.1. The van der Waals surface area contributed by atoms with Crippen molar-refractivity contribution < 1.29 is 4.79 Å². The molecule has 9 nitrogen and oxygen atoms in total. The van der Waals surface area contributed by atoms with Crippen molar-refractivity contribution in [1.82, 2.24) is 34.1 Å². The first-order valence-corrected chi connectivity index (χ1v) is 12.7. The van der Waals surface area contributed by atoms with E-state index < -0.39 is 0 Å². The third-order valence-electron chi connectivity index (χ3n) is 7.00. The summed E-state index contributed by atoms with van der Waals surface area (Å²) in [6, 6.07) is 0. The quantitative estimate of drug-likeness (QED) is 0.569. The zero-order valence-corrected chi connectivity index (χ0v) is 20.2. The lowest BCUT2D eigenvalue weighted by Gasteiger charge is -2.34. The smallest absolute Gasteiger partial charge is 0.262 e.